The number of hydrogen-bond donors (Lipinski definition) is 1. The van der Waals surface area contributed by atoms with Gasteiger partial charge < -0.3 is 10.1 Å². The zero-order valence-corrected chi connectivity index (χ0v) is 14.0. The fourth-order valence-corrected chi connectivity index (χ4v) is 3.27. The zero-order chi connectivity index (χ0) is 16.3. The van der Waals surface area contributed by atoms with E-state index in [-0.39, 0.29) is 18.1 Å². The first-order chi connectivity index (χ1) is 11.1. The van der Waals surface area contributed by atoms with Gasteiger partial charge in [-0.25, -0.2) is 0 Å². The number of rotatable bonds is 5. The summed E-state index contributed by atoms with van der Waals surface area (Å²) in [5.74, 6) is 0.299. The quantitative estimate of drug-likeness (QED) is 0.858. The summed E-state index contributed by atoms with van der Waals surface area (Å²) < 4.78 is 5.50. The minimum atomic E-state index is -0.258. The Balaban J connectivity index is 1.62. The third-order valence-corrected chi connectivity index (χ3v) is 4.70. The molecule has 1 saturated carbocycles. The number of carbonyl (C=O) groups excluding carboxylic acids is 1. The molecule has 0 heterocycles. The first kappa shape index (κ1) is 16.2. The van der Waals surface area contributed by atoms with Crippen LogP contribution < -0.4 is 10.1 Å². The second kappa shape index (κ2) is 6.81. The Morgan fingerprint density at radius 3 is 2.48 bits per heavy atom. The Morgan fingerprint density at radius 2 is 1.87 bits per heavy atom. The van der Waals surface area contributed by atoms with Crippen LogP contribution in [0.15, 0.2) is 48.5 Å². The molecule has 3 rings (SSSR count). The van der Waals surface area contributed by atoms with E-state index in [2.05, 4.69) is 17.4 Å². The Hall–Kier alpha value is -1.71. The van der Waals surface area contributed by atoms with E-state index >= 15 is 0 Å². The first-order valence-electron chi connectivity index (χ1n) is 7.53. The van der Waals surface area contributed by atoms with Crippen LogP contribution >= 0.6 is 23.2 Å². The number of halogens is 2. The Labute approximate surface area is 145 Å². The maximum atomic E-state index is 12.3. The van der Waals surface area contributed by atoms with Crippen LogP contribution in [0, 0.1) is 0 Å². The van der Waals surface area contributed by atoms with Gasteiger partial charge >= 0.3 is 0 Å². The van der Waals surface area contributed by atoms with Crippen molar-refractivity contribution < 1.29 is 9.53 Å². The molecule has 0 spiro atoms. The van der Waals surface area contributed by atoms with Crippen molar-refractivity contribution in [1.82, 2.24) is 5.32 Å². The number of ether oxygens (including phenoxy) is 1. The molecule has 1 aliphatic rings. The summed E-state index contributed by atoms with van der Waals surface area (Å²) in [6.45, 7) is -0.0735. The maximum Gasteiger partial charge on any atom is 0.258 e. The molecule has 1 fully saturated rings. The molecule has 0 atom stereocenters. The maximum absolute atomic E-state index is 12.3. The molecule has 0 saturated heterocycles. The monoisotopic (exact) mass is 349 g/mol. The van der Waals surface area contributed by atoms with Crippen LogP contribution in [0.1, 0.15) is 24.8 Å². The summed E-state index contributed by atoms with van der Waals surface area (Å²) >= 11 is 11.9. The lowest BCUT2D eigenvalue weighted by Gasteiger charge is -2.43. The fourth-order valence-electron chi connectivity index (χ4n) is 2.81. The molecule has 2 aromatic carbocycles. The summed E-state index contributed by atoms with van der Waals surface area (Å²) in [6.07, 6.45) is 3.01. The van der Waals surface area contributed by atoms with Gasteiger partial charge in [0.25, 0.3) is 5.91 Å². The first-order valence-corrected chi connectivity index (χ1v) is 8.29. The van der Waals surface area contributed by atoms with E-state index in [9.17, 15) is 4.79 Å². The van der Waals surface area contributed by atoms with Gasteiger partial charge in [-0.2, -0.15) is 0 Å². The summed E-state index contributed by atoms with van der Waals surface area (Å²) in [4.78, 5) is 12.3. The topological polar surface area (TPSA) is 38.3 Å². The van der Waals surface area contributed by atoms with E-state index in [1.165, 1.54) is 0 Å². The highest BCUT2D eigenvalue weighted by atomic mass is 35.5. The van der Waals surface area contributed by atoms with Crippen molar-refractivity contribution >= 4 is 29.1 Å². The molecule has 0 aliphatic heterocycles. The molecule has 3 nitrogen and oxygen atoms in total. The molecule has 0 radical (unpaired) electrons. The Kier molecular flexibility index (Phi) is 4.79. The molecular weight excluding hydrogens is 333 g/mol. The predicted octanol–water partition coefficient (Wildman–Crippen LogP) is 4.57. The molecular formula is C18H17Cl2NO2. The van der Waals surface area contributed by atoms with Gasteiger partial charge in [-0.05, 0) is 43.0 Å². The van der Waals surface area contributed by atoms with Crippen molar-refractivity contribution in [1.29, 1.82) is 0 Å². The van der Waals surface area contributed by atoms with Gasteiger partial charge in [0, 0.05) is 5.02 Å². The van der Waals surface area contributed by atoms with Crippen LogP contribution in [-0.2, 0) is 10.3 Å². The SMILES string of the molecule is O=C(COc1ccc(Cl)cc1Cl)NC1(c2ccccc2)CCC1. The second-order valence-electron chi connectivity index (χ2n) is 5.71. The van der Waals surface area contributed by atoms with E-state index in [4.69, 9.17) is 27.9 Å². The third kappa shape index (κ3) is 3.62. The summed E-state index contributed by atoms with van der Waals surface area (Å²) in [5.41, 5.74) is 0.884. The largest absolute Gasteiger partial charge is 0.482 e. The molecule has 2 aromatic rings. The van der Waals surface area contributed by atoms with Crippen molar-refractivity contribution in [2.45, 2.75) is 24.8 Å². The summed E-state index contributed by atoms with van der Waals surface area (Å²) in [5, 5.41) is 4.04. The van der Waals surface area contributed by atoms with Crippen molar-refractivity contribution in [3.05, 3.63) is 64.1 Å². The lowest BCUT2D eigenvalue weighted by Crippen LogP contribution is -2.52. The highest BCUT2D eigenvalue weighted by Gasteiger charge is 2.39. The number of nitrogens with one attached hydrogen (secondary N) is 1. The van der Waals surface area contributed by atoms with Gasteiger partial charge in [0.1, 0.15) is 5.75 Å². The lowest BCUT2D eigenvalue weighted by atomic mass is 9.72. The van der Waals surface area contributed by atoms with Crippen molar-refractivity contribution in [2.75, 3.05) is 6.61 Å². The normalized spacial score (nSPS) is 15.6. The fraction of sp³-hybridized carbons (Fsp3) is 0.278. The minimum Gasteiger partial charge on any atom is -0.482 e. The van der Waals surface area contributed by atoms with E-state index in [0.717, 1.165) is 24.8 Å². The molecule has 1 N–H and O–H groups in total. The molecule has 0 bridgehead atoms. The van der Waals surface area contributed by atoms with Crippen LogP contribution in [-0.4, -0.2) is 12.5 Å². The van der Waals surface area contributed by atoms with E-state index < -0.39 is 0 Å². The second-order valence-corrected chi connectivity index (χ2v) is 6.56. The predicted molar refractivity (Wildman–Crippen MR) is 92.1 cm³/mol. The number of amides is 1. The van der Waals surface area contributed by atoms with Crippen molar-refractivity contribution in [2.24, 2.45) is 0 Å². The number of benzene rings is 2. The van der Waals surface area contributed by atoms with Gasteiger partial charge in [0.15, 0.2) is 6.61 Å². The van der Waals surface area contributed by atoms with Gasteiger partial charge in [0.2, 0.25) is 0 Å². The molecule has 1 aliphatic carbocycles. The average molecular weight is 350 g/mol. The van der Waals surface area contributed by atoms with Crippen LogP contribution in [0.5, 0.6) is 5.75 Å². The third-order valence-electron chi connectivity index (χ3n) is 4.16. The molecule has 23 heavy (non-hydrogen) atoms. The minimum absolute atomic E-state index is 0.0735. The summed E-state index contributed by atoms with van der Waals surface area (Å²) in [6, 6.07) is 15.0. The standard InChI is InChI=1S/C18H17Cl2NO2/c19-14-7-8-16(15(20)11-14)23-12-17(22)21-18(9-4-10-18)13-5-2-1-3-6-13/h1-3,5-8,11H,4,9-10,12H2,(H,21,22). The number of hydrogen-bond acceptors (Lipinski definition) is 2. The van der Waals surface area contributed by atoms with Gasteiger partial charge in [-0.15, -0.1) is 0 Å². The van der Waals surface area contributed by atoms with Crippen LogP contribution in [0.4, 0.5) is 0 Å². The lowest BCUT2D eigenvalue weighted by molar-refractivity contribution is -0.126. The number of carbonyl (C=O) groups is 1. The van der Waals surface area contributed by atoms with Crippen LogP contribution in [0.2, 0.25) is 10.0 Å². The van der Waals surface area contributed by atoms with E-state index in [1.807, 2.05) is 18.2 Å². The zero-order valence-electron chi connectivity index (χ0n) is 12.5. The Bertz CT molecular complexity index is 699. The molecule has 1 amide bonds. The van der Waals surface area contributed by atoms with Gasteiger partial charge in [0.05, 0.1) is 10.6 Å². The molecule has 0 unspecified atom stereocenters. The smallest absolute Gasteiger partial charge is 0.258 e. The van der Waals surface area contributed by atoms with E-state index in [0.29, 0.717) is 15.8 Å². The highest BCUT2D eigenvalue weighted by Crippen LogP contribution is 2.41. The highest BCUT2D eigenvalue weighted by molar-refractivity contribution is 6.35. The van der Waals surface area contributed by atoms with Crippen LogP contribution in [0.25, 0.3) is 0 Å². The Morgan fingerprint density at radius 1 is 1.13 bits per heavy atom. The average Bonchev–Trinajstić information content (AvgIpc) is 2.51. The van der Waals surface area contributed by atoms with Crippen molar-refractivity contribution in [3.8, 4) is 5.75 Å². The van der Waals surface area contributed by atoms with Crippen molar-refractivity contribution in [3.63, 3.8) is 0 Å². The molecule has 0 aromatic heterocycles. The van der Waals surface area contributed by atoms with Crippen LogP contribution in [0.3, 0.4) is 0 Å². The summed E-state index contributed by atoms with van der Waals surface area (Å²) in [7, 11) is 0. The molecule has 5 heteroatoms. The van der Waals surface area contributed by atoms with E-state index in [1.54, 1.807) is 18.2 Å². The van der Waals surface area contributed by atoms with Gasteiger partial charge in [-0.3, -0.25) is 4.79 Å². The molecule has 120 valence electrons. The van der Waals surface area contributed by atoms with Gasteiger partial charge in [-0.1, -0.05) is 53.5 Å².